The lowest BCUT2D eigenvalue weighted by atomic mass is 9.75. The van der Waals surface area contributed by atoms with Gasteiger partial charge in [0.25, 0.3) is 0 Å². The molecule has 0 saturated heterocycles. The largest absolute Gasteiger partial charge is 0.204 e. The predicted octanol–water partition coefficient (Wildman–Crippen LogP) is 8.20. The molecule has 0 nitrogen and oxygen atoms in total. The molecule has 0 radical (unpaired) electrons. The van der Waals surface area contributed by atoms with Crippen LogP contribution in [0.2, 0.25) is 0 Å². The van der Waals surface area contributed by atoms with Gasteiger partial charge in [-0.3, -0.25) is 0 Å². The lowest BCUT2D eigenvalue weighted by molar-refractivity contribution is 0.221. The Morgan fingerprint density at radius 3 is 1.83 bits per heavy atom. The molecule has 1 aromatic rings. The van der Waals surface area contributed by atoms with Crippen molar-refractivity contribution < 1.29 is 13.2 Å². The SMILES string of the molecule is CCCC1CCC(CCC2CCC(C=CC#Cc3cc(F)c(F)c(F)c3)CC2)CC1. The van der Waals surface area contributed by atoms with Crippen molar-refractivity contribution in [1.82, 2.24) is 0 Å². The summed E-state index contributed by atoms with van der Waals surface area (Å²) in [6.45, 7) is 2.30. The van der Waals surface area contributed by atoms with E-state index in [9.17, 15) is 13.2 Å². The summed E-state index contributed by atoms with van der Waals surface area (Å²) >= 11 is 0. The van der Waals surface area contributed by atoms with E-state index < -0.39 is 17.5 Å². The minimum absolute atomic E-state index is 0.156. The topological polar surface area (TPSA) is 0 Å². The number of hydrogen-bond acceptors (Lipinski definition) is 0. The van der Waals surface area contributed by atoms with Crippen molar-refractivity contribution in [2.45, 2.75) is 84.0 Å². The van der Waals surface area contributed by atoms with Crippen molar-refractivity contribution >= 4 is 0 Å². The van der Waals surface area contributed by atoms with E-state index in [2.05, 4.69) is 24.8 Å². The van der Waals surface area contributed by atoms with Crippen LogP contribution in [-0.4, -0.2) is 0 Å². The summed E-state index contributed by atoms with van der Waals surface area (Å²) in [4.78, 5) is 0. The van der Waals surface area contributed by atoms with Crippen molar-refractivity contribution in [3.05, 3.63) is 47.3 Å². The fourth-order valence-corrected chi connectivity index (χ4v) is 5.29. The van der Waals surface area contributed by atoms with Crippen LogP contribution >= 0.6 is 0 Å². The lowest BCUT2D eigenvalue weighted by Crippen LogP contribution is -2.17. The van der Waals surface area contributed by atoms with E-state index in [-0.39, 0.29) is 5.56 Å². The first-order chi connectivity index (χ1) is 14.5. The van der Waals surface area contributed by atoms with Gasteiger partial charge in [0.1, 0.15) is 0 Å². The number of benzene rings is 1. The molecule has 0 aliphatic heterocycles. The monoisotopic (exact) mass is 416 g/mol. The Balaban J connectivity index is 1.35. The fraction of sp³-hybridized carbons (Fsp3) is 0.630. The number of hydrogen-bond donors (Lipinski definition) is 0. The second-order valence-electron chi connectivity index (χ2n) is 9.42. The first-order valence-corrected chi connectivity index (χ1v) is 11.9. The van der Waals surface area contributed by atoms with E-state index in [4.69, 9.17) is 0 Å². The maximum atomic E-state index is 13.2. The Morgan fingerprint density at radius 1 is 0.800 bits per heavy atom. The Kier molecular flexibility index (Phi) is 8.91. The highest BCUT2D eigenvalue weighted by Gasteiger charge is 2.23. The van der Waals surface area contributed by atoms with Gasteiger partial charge in [-0.25, -0.2) is 13.2 Å². The van der Waals surface area contributed by atoms with Gasteiger partial charge in [-0.1, -0.05) is 76.2 Å². The third-order valence-electron chi connectivity index (χ3n) is 7.19. The van der Waals surface area contributed by atoms with Gasteiger partial charge < -0.3 is 0 Å². The molecule has 1 aromatic carbocycles. The van der Waals surface area contributed by atoms with Crippen LogP contribution in [0.1, 0.15) is 89.5 Å². The average molecular weight is 417 g/mol. The standard InChI is InChI=1S/C27H35F3/c1-2-5-20-8-12-22(13-9-20)16-17-23-14-10-21(11-15-23)6-3-4-7-24-18-25(28)27(30)26(29)19-24/h3,6,18-23H,2,5,8-17H2,1H3. The molecule has 0 aromatic heterocycles. The van der Waals surface area contributed by atoms with Crippen molar-refractivity contribution in [2.75, 3.05) is 0 Å². The van der Waals surface area contributed by atoms with Crippen LogP contribution in [0.5, 0.6) is 0 Å². The van der Waals surface area contributed by atoms with E-state index in [0.717, 1.165) is 29.9 Å². The molecule has 2 aliphatic rings. The van der Waals surface area contributed by atoms with Crippen LogP contribution in [0.25, 0.3) is 0 Å². The van der Waals surface area contributed by atoms with Gasteiger partial charge in [0, 0.05) is 5.56 Å². The molecule has 3 heteroatoms. The zero-order chi connectivity index (χ0) is 21.3. The zero-order valence-corrected chi connectivity index (χ0v) is 18.2. The second kappa shape index (κ2) is 11.6. The molecule has 0 bridgehead atoms. The van der Waals surface area contributed by atoms with Gasteiger partial charge in [0.2, 0.25) is 0 Å². The summed E-state index contributed by atoms with van der Waals surface area (Å²) in [7, 11) is 0. The molecule has 2 fully saturated rings. The van der Waals surface area contributed by atoms with Crippen LogP contribution < -0.4 is 0 Å². The van der Waals surface area contributed by atoms with Crippen molar-refractivity contribution in [1.29, 1.82) is 0 Å². The summed E-state index contributed by atoms with van der Waals surface area (Å²) in [5, 5.41) is 0. The van der Waals surface area contributed by atoms with Crippen molar-refractivity contribution in [3.63, 3.8) is 0 Å². The molecule has 0 atom stereocenters. The molecule has 0 amide bonds. The second-order valence-corrected chi connectivity index (χ2v) is 9.42. The van der Waals surface area contributed by atoms with E-state index in [0.29, 0.717) is 5.92 Å². The summed E-state index contributed by atoms with van der Waals surface area (Å²) in [6.07, 6.45) is 20.2. The maximum absolute atomic E-state index is 13.2. The Hall–Kier alpha value is -1.69. The van der Waals surface area contributed by atoms with E-state index in [1.165, 1.54) is 77.0 Å². The van der Waals surface area contributed by atoms with Crippen molar-refractivity contribution in [3.8, 4) is 11.8 Å². The van der Waals surface area contributed by atoms with Gasteiger partial charge in [0.05, 0.1) is 0 Å². The molecular weight excluding hydrogens is 381 g/mol. The van der Waals surface area contributed by atoms with Crippen LogP contribution in [0.4, 0.5) is 13.2 Å². The number of allylic oxidation sites excluding steroid dienone is 2. The first kappa shape index (κ1) is 23.0. The van der Waals surface area contributed by atoms with E-state index in [1.807, 2.05) is 0 Å². The molecule has 30 heavy (non-hydrogen) atoms. The third kappa shape index (κ3) is 6.93. The quantitative estimate of drug-likeness (QED) is 0.324. The lowest BCUT2D eigenvalue weighted by Gasteiger charge is -2.31. The minimum Gasteiger partial charge on any atom is -0.204 e. The Morgan fingerprint density at radius 2 is 1.30 bits per heavy atom. The van der Waals surface area contributed by atoms with Gasteiger partial charge >= 0.3 is 0 Å². The van der Waals surface area contributed by atoms with Gasteiger partial charge in [-0.05, 0) is 67.6 Å². The third-order valence-corrected chi connectivity index (χ3v) is 7.19. The van der Waals surface area contributed by atoms with Crippen LogP contribution in [-0.2, 0) is 0 Å². The summed E-state index contributed by atoms with van der Waals surface area (Å²) in [5.41, 5.74) is 0.156. The Labute approximate surface area is 180 Å². The fourth-order valence-electron chi connectivity index (χ4n) is 5.29. The van der Waals surface area contributed by atoms with E-state index in [1.54, 1.807) is 6.08 Å². The summed E-state index contributed by atoms with van der Waals surface area (Å²) in [5.74, 6) is 5.05. The molecule has 2 saturated carbocycles. The highest BCUT2D eigenvalue weighted by atomic mass is 19.2. The normalized spacial score (nSPS) is 27.1. The number of rotatable bonds is 6. The van der Waals surface area contributed by atoms with Crippen molar-refractivity contribution in [2.24, 2.45) is 23.7 Å². The molecule has 2 aliphatic carbocycles. The molecule has 0 heterocycles. The predicted molar refractivity (Wildman–Crippen MR) is 117 cm³/mol. The zero-order valence-electron chi connectivity index (χ0n) is 18.2. The highest BCUT2D eigenvalue weighted by molar-refractivity contribution is 5.37. The highest BCUT2D eigenvalue weighted by Crippen LogP contribution is 2.37. The summed E-state index contributed by atoms with van der Waals surface area (Å²) in [6, 6.07) is 1.86. The molecule has 3 rings (SSSR count). The van der Waals surface area contributed by atoms with Gasteiger partial charge in [-0.15, -0.1) is 0 Å². The minimum atomic E-state index is -1.45. The van der Waals surface area contributed by atoms with Gasteiger partial charge in [-0.2, -0.15) is 0 Å². The first-order valence-electron chi connectivity index (χ1n) is 11.9. The number of halogens is 3. The average Bonchev–Trinajstić information content (AvgIpc) is 2.75. The Bertz CT molecular complexity index is 731. The van der Waals surface area contributed by atoms with Crippen LogP contribution in [0.3, 0.4) is 0 Å². The van der Waals surface area contributed by atoms with Crippen LogP contribution in [0, 0.1) is 53.0 Å². The molecule has 0 spiro atoms. The summed E-state index contributed by atoms with van der Waals surface area (Å²) < 4.78 is 39.4. The molecular formula is C27H35F3. The smallest absolute Gasteiger partial charge is 0.194 e. The molecule has 0 N–H and O–H groups in total. The maximum Gasteiger partial charge on any atom is 0.194 e. The molecule has 0 unspecified atom stereocenters. The van der Waals surface area contributed by atoms with E-state index >= 15 is 0 Å². The molecule has 164 valence electrons. The van der Waals surface area contributed by atoms with Crippen LogP contribution in [0.15, 0.2) is 24.3 Å². The van der Waals surface area contributed by atoms with Gasteiger partial charge in [0.15, 0.2) is 17.5 Å².